The molecule has 0 aliphatic carbocycles. The van der Waals surface area contributed by atoms with Gasteiger partial charge in [0.2, 0.25) is 0 Å². The first-order chi connectivity index (χ1) is 12.3. The number of amidine groups is 1. The minimum atomic E-state index is -0.623. The zero-order valence-electron chi connectivity index (χ0n) is 14.2. The van der Waals surface area contributed by atoms with Gasteiger partial charge in [0.05, 0.1) is 11.4 Å². The molecule has 0 saturated heterocycles. The normalized spacial score (nSPS) is 12.0. The van der Waals surface area contributed by atoms with Gasteiger partial charge >= 0.3 is 0 Å². The second kappa shape index (κ2) is 6.49. The summed E-state index contributed by atoms with van der Waals surface area (Å²) in [6.45, 7) is 5.21. The Morgan fingerprint density at radius 3 is 2.58 bits per heavy atom. The van der Waals surface area contributed by atoms with Gasteiger partial charge < -0.3 is 20.6 Å². The average Bonchev–Trinajstić information content (AvgIpc) is 3.04. The number of nitrogens with zero attached hydrogens (tertiary/aromatic N) is 3. The van der Waals surface area contributed by atoms with Gasteiger partial charge in [-0.15, -0.1) is 0 Å². The van der Waals surface area contributed by atoms with E-state index in [0.717, 1.165) is 6.07 Å². The monoisotopic (exact) mass is 422 g/mol. The number of aromatic nitrogens is 2. The maximum atomic E-state index is 14.6. The Morgan fingerprint density at radius 2 is 2.04 bits per heavy atom. The highest BCUT2D eigenvalue weighted by molar-refractivity contribution is 9.10. The van der Waals surface area contributed by atoms with Crippen LogP contribution in [0, 0.1) is 26.6 Å². The van der Waals surface area contributed by atoms with Crippen LogP contribution < -0.4 is 5.73 Å². The van der Waals surface area contributed by atoms with E-state index in [1.165, 1.54) is 12.1 Å². The van der Waals surface area contributed by atoms with E-state index in [4.69, 9.17) is 10.3 Å². The smallest absolute Gasteiger partial charge is 0.187 e. The van der Waals surface area contributed by atoms with Crippen molar-refractivity contribution in [1.82, 2.24) is 9.72 Å². The van der Waals surface area contributed by atoms with Gasteiger partial charge in [-0.25, -0.2) is 4.39 Å². The van der Waals surface area contributed by atoms with Crippen molar-refractivity contribution in [3.8, 4) is 22.7 Å². The lowest BCUT2D eigenvalue weighted by Gasteiger charge is -2.14. The second-order valence-corrected chi connectivity index (χ2v) is 6.59. The summed E-state index contributed by atoms with van der Waals surface area (Å²) in [5.41, 5.74) is 8.67. The van der Waals surface area contributed by atoms with Crippen LogP contribution in [0.4, 0.5) is 4.39 Å². The third-order valence-electron chi connectivity index (χ3n) is 4.12. The molecule has 0 fully saturated rings. The Morgan fingerprint density at radius 1 is 1.35 bits per heavy atom. The van der Waals surface area contributed by atoms with Crippen molar-refractivity contribution in [3.63, 3.8) is 0 Å². The molecule has 3 rings (SSSR count). The molecule has 2 heterocycles. The summed E-state index contributed by atoms with van der Waals surface area (Å²) in [7, 11) is 0. The molecule has 0 unspecified atom stereocenters. The fraction of sp³-hybridized carbons (Fsp3) is 0.176. The average molecular weight is 423 g/mol. The van der Waals surface area contributed by atoms with Crippen LogP contribution in [-0.4, -0.2) is 25.9 Å². The van der Waals surface area contributed by atoms with Crippen molar-refractivity contribution >= 4 is 21.8 Å². The Balaban J connectivity index is 2.49. The summed E-state index contributed by atoms with van der Waals surface area (Å²) in [4.78, 5) is 0. The van der Waals surface area contributed by atoms with Crippen molar-refractivity contribution in [2.75, 3.05) is 0 Å². The third-order valence-corrected chi connectivity index (χ3v) is 5.09. The predicted octanol–water partition coefficient (Wildman–Crippen LogP) is 3.76. The lowest BCUT2D eigenvalue weighted by Crippen LogP contribution is -2.20. The molecule has 0 aliphatic heterocycles. The molecule has 0 atom stereocenters. The van der Waals surface area contributed by atoms with E-state index in [-0.39, 0.29) is 17.1 Å². The highest BCUT2D eigenvalue weighted by atomic mass is 79.9. The summed E-state index contributed by atoms with van der Waals surface area (Å²) in [6, 6.07) is 3.86. The number of hydrogen-bond donors (Lipinski definition) is 3. The highest BCUT2D eigenvalue weighted by Crippen LogP contribution is 2.40. The summed E-state index contributed by atoms with van der Waals surface area (Å²) in [5.74, 6) is -0.473. The van der Waals surface area contributed by atoms with E-state index < -0.39 is 5.82 Å². The summed E-state index contributed by atoms with van der Waals surface area (Å²) < 4.78 is 22.1. The molecule has 136 valence electrons. The fourth-order valence-corrected chi connectivity index (χ4v) is 3.55. The number of aryl methyl sites for hydroxylation is 2. The van der Waals surface area contributed by atoms with Crippen molar-refractivity contribution < 1.29 is 19.2 Å². The van der Waals surface area contributed by atoms with E-state index in [2.05, 4.69) is 26.2 Å². The van der Waals surface area contributed by atoms with Gasteiger partial charge in [0.15, 0.2) is 11.6 Å². The Bertz CT molecular complexity index is 1020. The molecule has 0 bridgehead atoms. The number of phenols is 1. The molecule has 26 heavy (non-hydrogen) atoms. The Labute approximate surface area is 156 Å². The number of rotatable bonds is 3. The molecule has 0 spiro atoms. The highest BCUT2D eigenvalue weighted by Gasteiger charge is 2.28. The van der Waals surface area contributed by atoms with Crippen LogP contribution in [0.1, 0.15) is 22.7 Å². The first kappa shape index (κ1) is 18.0. The first-order valence-corrected chi connectivity index (χ1v) is 8.38. The predicted molar refractivity (Wildman–Crippen MR) is 97.3 cm³/mol. The Kier molecular flexibility index (Phi) is 4.49. The van der Waals surface area contributed by atoms with Crippen LogP contribution in [0.3, 0.4) is 0 Å². The van der Waals surface area contributed by atoms with E-state index in [0.29, 0.717) is 38.6 Å². The van der Waals surface area contributed by atoms with Crippen molar-refractivity contribution in [2.45, 2.75) is 20.8 Å². The van der Waals surface area contributed by atoms with Gasteiger partial charge in [0.25, 0.3) is 0 Å². The van der Waals surface area contributed by atoms with E-state index in [9.17, 15) is 14.7 Å². The lowest BCUT2D eigenvalue weighted by molar-refractivity contribution is 0.318. The number of hydrogen-bond acceptors (Lipinski definition) is 5. The number of benzene rings is 1. The zero-order chi connectivity index (χ0) is 19.2. The molecule has 2 aromatic heterocycles. The number of halogens is 2. The molecule has 7 nitrogen and oxygen atoms in total. The van der Waals surface area contributed by atoms with Crippen LogP contribution >= 0.6 is 15.9 Å². The van der Waals surface area contributed by atoms with Gasteiger partial charge in [0, 0.05) is 16.1 Å². The van der Waals surface area contributed by atoms with Gasteiger partial charge in [-0.1, -0.05) is 10.3 Å². The van der Waals surface area contributed by atoms with Crippen LogP contribution in [-0.2, 0) is 0 Å². The maximum absolute atomic E-state index is 14.6. The molecule has 0 saturated carbocycles. The summed E-state index contributed by atoms with van der Waals surface area (Å²) in [6.07, 6.45) is 0. The molecule has 1 aromatic carbocycles. The maximum Gasteiger partial charge on any atom is 0.187 e. The van der Waals surface area contributed by atoms with Crippen LogP contribution in [0.25, 0.3) is 16.9 Å². The molecule has 3 aromatic rings. The minimum Gasteiger partial charge on any atom is -0.508 e. The largest absolute Gasteiger partial charge is 0.508 e. The lowest BCUT2D eigenvalue weighted by atomic mass is 10.1. The molecule has 0 radical (unpaired) electrons. The molecule has 0 amide bonds. The SMILES string of the molecule is Cc1noc(C)c1-n1c(/C(N)=N/O)c(C)c(Br)c1-c1ccc(O)cc1F. The van der Waals surface area contributed by atoms with Gasteiger partial charge in [0.1, 0.15) is 22.9 Å². The van der Waals surface area contributed by atoms with Crippen LogP contribution in [0.5, 0.6) is 5.75 Å². The summed E-state index contributed by atoms with van der Waals surface area (Å²) >= 11 is 3.48. The number of nitrogens with two attached hydrogens (primary N) is 1. The third kappa shape index (κ3) is 2.64. The molecular weight excluding hydrogens is 407 g/mol. The molecule has 4 N–H and O–H groups in total. The second-order valence-electron chi connectivity index (χ2n) is 5.79. The molecule has 9 heteroatoms. The fourth-order valence-electron chi connectivity index (χ4n) is 2.97. The van der Waals surface area contributed by atoms with Gasteiger partial charge in [-0.2, -0.15) is 0 Å². The standard InChI is InChI=1S/C17H16BrFN4O3/c1-7-13(18)16(11-5-4-10(24)6-12(11)19)23(14(7)17(20)21-25)15-8(2)22-26-9(15)3/h4-6,24-25H,1-3H3,(H2,20,21). The van der Waals surface area contributed by atoms with Crippen molar-refractivity contribution in [2.24, 2.45) is 10.9 Å². The molecule has 0 aliphatic rings. The van der Waals surface area contributed by atoms with Crippen LogP contribution in [0.15, 0.2) is 32.4 Å². The molecular formula is C17H16BrFN4O3. The first-order valence-electron chi connectivity index (χ1n) is 7.58. The number of phenolic OH excluding ortho intramolecular Hbond substituents is 1. The number of oxime groups is 1. The minimum absolute atomic E-state index is 0.145. The topological polar surface area (TPSA) is 110 Å². The van der Waals surface area contributed by atoms with E-state index >= 15 is 0 Å². The number of aromatic hydroxyl groups is 1. The van der Waals surface area contributed by atoms with Gasteiger partial charge in [-0.3, -0.25) is 4.57 Å². The quantitative estimate of drug-likeness (QED) is 0.257. The van der Waals surface area contributed by atoms with E-state index in [1.807, 2.05) is 0 Å². The zero-order valence-corrected chi connectivity index (χ0v) is 15.8. The van der Waals surface area contributed by atoms with Crippen LogP contribution in [0.2, 0.25) is 0 Å². The Hall–Kier alpha value is -2.81. The van der Waals surface area contributed by atoms with Gasteiger partial charge in [-0.05, 0) is 54.4 Å². The van der Waals surface area contributed by atoms with E-state index in [1.54, 1.807) is 25.3 Å². The van der Waals surface area contributed by atoms with Crippen molar-refractivity contribution in [3.05, 3.63) is 51.2 Å². The van der Waals surface area contributed by atoms with Crippen molar-refractivity contribution in [1.29, 1.82) is 0 Å². The summed E-state index contributed by atoms with van der Waals surface area (Å²) in [5, 5.41) is 25.8.